The van der Waals surface area contributed by atoms with Crippen LogP contribution in [0.15, 0.2) is 18.2 Å². The lowest BCUT2D eigenvalue weighted by Gasteiger charge is -2.14. The summed E-state index contributed by atoms with van der Waals surface area (Å²) in [7, 11) is 3.82. The Morgan fingerprint density at radius 1 is 1.27 bits per heavy atom. The smallest absolute Gasteiger partial charge is 0.263 e. The molecule has 22 heavy (non-hydrogen) atoms. The van der Waals surface area contributed by atoms with Gasteiger partial charge in [-0.1, -0.05) is 17.7 Å². The van der Waals surface area contributed by atoms with Crippen LogP contribution in [0.1, 0.15) is 27.1 Å². The number of fused-ring (bicyclic) bond motifs is 1. The normalized spacial score (nSPS) is 13.7. The van der Waals surface area contributed by atoms with Crippen molar-refractivity contribution in [3.8, 4) is 0 Å². The Kier molecular flexibility index (Phi) is 5.15. The Balaban J connectivity index is 1.93. The molecule has 118 valence electrons. The first-order chi connectivity index (χ1) is 10.4. The standard InChI is InChI=1S/C15H18ClN3O3/c1-18(2)9-7-17-12(20)6-8-19-14(21)10-4-3-5-11(16)13(10)15(19)22/h3-5H,6-9H2,1-2H3,(H,17,20). The molecule has 0 unspecified atom stereocenters. The summed E-state index contributed by atoms with van der Waals surface area (Å²) in [5.41, 5.74) is 0.521. The molecule has 1 aromatic carbocycles. The summed E-state index contributed by atoms with van der Waals surface area (Å²) in [4.78, 5) is 39.2. The molecular weight excluding hydrogens is 306 g/mol. The molecule has 1 aliphatic heterocycles. The third-order valence-electron chi connectivity index (χ3n) is 3.39. The van der Waals surface area contributed by atoms with E-state index in [-0.39, 0.29) is 29.5 Å². The van der Waals surface area contributed by atoms with E-state index in [0.29, 0.717) is 12.1 Å². The molecule has 1 aliphatic rings. The molecule has 1 N–H and O–H groups in total. The Morgan fingerprint density at radius 2 is 2.00 bits per heavy atom. The molecular formula is C15H18ClN3O3. The second kappa shape index (κ2) is 6.89. The topological polar surface area (TPSA) is 69.7 Å². The second-order valence-electron chi connectivity index (χ2n) is 5.33. The molecule has 0 radical (unpaired) electrons. The van der Waals surface area contributed by atoms with E-state index in [1.807, 2.05) is 19.0 Å². The Bertz CT molecular complexity index is 616. The summed E-state index contributed by atoms with van der Waals surface area (Å²) in [5, 5.41) is 3.00. The van der Waals surface area contributed by atoms with Crippen molar-refractivity contribution in [3.63, 3.8) is 0 Å². The minimum atomic E-state index is -0.438. The fraction of sp³-hybridized carbons (Fsp3) is 0.400. The maximum atomic E-state index is 12.2. The van der Waals surface area contributed by atoms with Crippen LogP contribution in [0.2, 0.25) is 5.02 Å². The number of benzene rings is 1. The van der Waals surface area contributed by atoms with E-state index in [0.717, 1.165) is 11.4 Å². The number of halogens is 1. The van der Waals surface area contributed by atoms with Gasteiger partial charge in [0.15, 0.2) is 0 Å². The van der Waals surface area contributed by atoms with Crippen LogP contribution in [0.3, 0.4) is 0 Å². The van der Waals surface area contributed by atoms with Gasteiger partial charge in [-0.15, -0.1) is 0 Å². The van der Waals surface area contributed by atoms with Gasteiger partial charge in [-0.05, 0) is 26.2 Å². The molecule has 0 spiro atoms. The molecule has 6 nitrogen and oxygen atoms in total. The van der Waals surface area contributed by atoms with Crippen LogP contribution >= 0.6 is 11.6 Å². The highest BCUT2D eigenvalue weighted by Crippen LogP contribution is 2.28. The molecule has 0 aromatic heterocycles. The van der Waals surface area contributed by atoms with Crippen molar-refractivity contribution in [1.82, 2.24) is 15.1 Å². The molecule has 0 bridgehead atoms. The third kappa shape index (κ3) is 3.45. The highest BCUT2D eigenvalue weighted by molar-refractivity contribution is 6.37. The Hall–Kier alpha value is -1.92. The Morgan fingerprint density at radius 3 is 2.64 bits per heavy atom. The molecule has 1 heterocycles. The molecule has 0 saturated carbocycles. The van der Waals surface area contributed by atoms with Crippen molar-refractivity contribution in [2.45, 2.75) is 6.42 Å². The molecule has 0 fully saturated rings. The van der Waals surface area contributed by atoms with Gasteiger partial charge in [0.25, 0.3) is 11.8 Å². The van der Waals surface area contributed by atoms with E-state index >= 15 is 0 Å². The SMILES string of the molecule is CN(C)CCNC(=O)CCN1C(=O)c2cccc(Cl)c2C1=O. The predicted molar refractivity (Wildman–Crippen MR) is 83.0 cm³/mol. The summed E-state index contributed by atoms with van der Waals surface area (Å²) < 4.78 is 0. The maximum Gasteiger partial charge on any atom is 0.263 e. The fourth-order valence-electron chi connectivity index (χ4n) is 2.22. The number of rotatable bonds is 6. The minimum absolute atomic E-state index is 0.0521. The van der Waals surface area contributed by atoms with Gasteiger partial charge in [0.05, 0.1) is 16.1 Å². The minimum Gasteiger partial charge on any atom is -0.355 e. The number of nitrogens with zero attached hydrogens (tertiary/aromatic N) is 2. The summed E-state index contributed by atoms with van der Waals surface area (Å²) >= 11 is 5.97. The number of likely N-dealkylation sites (N-methyl/N-ethyl adjacent to an activating group) is 1. The van der Waals surface area contributed by atoms with Crippen molar-refractivity contribution >= 4 is 29.3 Å². The lowest BCUT2D eigenvalue weighted by molar-refractivity contribution is -0.121. The van der Waals surface area contributed by atoms with Gasteiger partial charge in [0.2, 0.25) is 5.91 Å². The molecule has 1 aromatic rings. The zero-order valence-electron chi connectivity index (χ0n) is 12.6. The van der Waals surface area contributed by atoms with Gasteiger partial charge in [0, 0.05) is 26.1 Å². The van der Waals surface area contributed by atoms with Crippen LogP contribution in [-0.4, -0.2) is 61.3 Å². The van der Waals surface area contributed by atoms with E-state index in [2.05, 4.69) is 5.32 Å². The van der Waals surface area contributed by atoms with Crippen LogP contribution in [0.4, 0.5) is 0 Å². The molecule has 0 atom stereocenters. The number of hydrogen-bond acceptors (Lipinski definition) is 4. The van der Waals surface area contributed by atoms with E-state index in [4.69, 9.17) is 11.6 Å². The number of amides is 3. The summed E-state index contributed by atoms with van der Waals surface area (Å²) in [6.45, 7) is 1.31. The summed E-state index contributed by atoms with van der Waals surface area (Å²) in [5.74, 6) is -1.03. The summed E-state index contributed by atoms with van der Waals surface area (Å²) in [6, 6.07) is 4.77. The van der Waals surface area contributed by atoms with Crippen LogP contribution in [-0.2, 0) is 4.79 Å². The van der Waals surface area contributed by atoms with Crippen LogP contribution in [0.25, 0.3) is 0 Å². The number of imide groups is 1. The van der Waals surface area contributed by atoms with Gasteiger partial charge < -0.3 is 10.2 Å². The van der Waals surface area contributed by atoms with Crippen molar-refractivity contribution in [1.29, 1.82) is 0 Å². The number of nitrogens with one attached hydrogen (secondary N) is 1. The molecule has 0 saturated heterocycles. The average Bonchev–Trinajstić information content (AvgIpc) is 2.69. The number of carbonyl (C=O) groups is 3. The van der Waals surface area contributed by atoms with E-state index < -0.39 is 11.8 Å². The second-order valence-corrected chi connectivity index (χ2v) is 5.73. The summed E-state index contributed by atoms with van der Waals surface area (Å²) in [6.07, 6.45) is 0.0799. The predicted octanol–water partition coefficient (Wildman–Crippen LogP) is 1.00. The monoisotopic (exact) mass is 323 g/mol. The number of hydrogen-bond donors (Lipinski definition) is 1. The quantitative estimate of drug-likeness (QED) is 0.793. The third-order valence-corrected chi connectivity index (χ3v) is 3.71. The van der Waals surface area contributed by atoms with Gasteiger partial charge in [-0.25, -0.2) is 0 Å². The van der Waals surface area contributed by atoms with E-state index in [9.17, 15) is 14.4 Å². The first-order valence-corrected chi connectivity index (χ1v) is 7.35. The van der Waals surface area contributed by atoms with Crippen LogP contribution < -0.4 is 5.32 Å². The lowest BCUT2D eigenvalue weighted by atomic mass is 10.1. The van der Waals surface area contributed by atoms with Crippen LogP contribution in [0, 0.1) is 0 Å². The highest BCUT2D eigenvalue weighted by Gasteiger charge is 2.36. The van der Waals surface area contributed by atoms with Crippen molar-refractivity contribution in [2.24, 2.45) is 0 Å². The maximum absolute atomic E-state index is 12.2. The lowest BCUT2D eigenvalue weighted by Crippen LogP contribution is -2.36. The van der Waals surface area contributed by atoms with Crippen molar-refractivity contribution < 1.29 is 14.4 Å². The van der Waals surface area contributed by atoms with Crippen molar-refractivity contribution in [2.75, 3.05) is 33.7 Å². The molecule has 3 amide bonds. The largest absolute Gasteiger partial charge is 0.355 e. The molecule has 7 heteroatoms. The highest BCUT2D eigenvalue weighted by atomic mass is 35.5. The van der Waals surface area contributed by atoms with Gasteiger partial charge >= 0.3 is 0 Å². The molecule has 2 rings (SSSR count). The van der Waals surface area contributed by atoms with Gasteiger partial charge in [0.1, 0.15) is 0 Å². The number of carbonyl (C=O) groups excluding carboxylic acids is 3. The van der Waals surface area contributed by atoms with Gasteiger partial charge in [-0.2, -0.15) is 0 Å². The zero-order chi connectivity index (χ0) is 16.3. The average molecular weight is 324 g/mol. The Labute approximate surface area is 134 Å². The fourth-order valence-corrected chi connectivity index (χ4v) is 2.47. The van der Waals surface area contributed by atoms with E-state index in [1.54, 1.807) is 18.2 Å². The van der Waals surface area contributed by atoms with Crippen molar-refractivity contribution in [3.05, 3.63) is 34.3 Å². The first kappa shape index (κ1) is 16.5. The zero-order valence-corrected chi connectivity index (χ0v) is 13.3. The molecule has 0 aliphatic carbocycles. The van der Waals surface area contributed by atoms with Gasteiger partial charge in [-0.3, -0.25) is 19.3 Å². The van der Waals surface area contributed by atoms with Crippen LogP contribution in [0.5, 0.6) is 0 Å². The first-order valence-electron chi connectivity index (χ1n) is 6.98. The van der Waals surface area contributed by atoms with E-state index in [1.165, 1.54) is 0 Å².